The van der Waals surface area contributed by atoms with Crippen LogP contribution in [0.2, 0.25) is 0 Å². The Kier molecular flexibility index (Phi) is 3.46. The van der Waals surface area contributed by atoms with Crippen molar-refractivity contribution in [2.75, 3.05) is 26.7 Å². The standard InChI is InChI=1S/C17H32N2/c1-16(2)14-5-8-17(3,11-14)15(16)18-12-13-6-9-19(4)10-7-13/h13-15,18H,5-12H2,1-4H3/t14-,15?,17+/m0/s1. The predicted molar refractivity (Wildman–Crippen MR) is 81.2 cm³/mol. The maximum atomic E-state index is 4.01. The van der Waals surface area contributed by atoms with Crippen LogP contribution in [0.25, 0.3) is 0 Å². The fraction of sp³-hybridized carbons (Fsp3) is 1.00. The summed E-state index contributed by atoms with van der Waals surface area (Å²) in [6, 6.07) is 0.749. The number of fused-ring (bicyclic) bond motifs is 2. The lowest BCUT2D eigenvalue weighted by Gasteiger charge is -2.44. The summed E-state index contributed by atoms with van der Waals surface area (Å²) in [5.41, 5.74) is 1.10. The highest BCUT2D eigenvalue weighted by Crippen LogP contribution is 2.62. The fourth-order valence-corrected chi connectivity index (χ4v) is 5.36. The summed E-state index contributed by atoms with van der Waals surface area (Å²) in [4.78, 5) is 2.47. The quantitative estimate of drug-likeness (QED) is 0.842. The molecule has 2 bridgehead atoms. The molecule has 110 valence electrons. The Morgan fingerprint density at radius 3 is 2.37 bits per heavy atom. The fourth-order valence-electron chi connectivity index (χ4n) is 5.36. The van der Waals surface area contributed by atoms with E-state index in [2.05, 4.69) is 38.0 Å². The lowest BCUT2D eigenvalue weighted by atomic mass is 9.68. The highest BCUT2D eigenvalue weighted by Gasteiger charge is 2.58. The third kappa shape index (κ3) is 2.35. The molecule has 1 heterocycles. The summed E-state index contributed by atoms with van der Waals surface area (Å²) in [7, 11) is 2.25. The molecule has 3 atom stereocenters. The van der Waals surface area contributed by atoms with Crippen molar-refractivity contribution in [2.45, 2.75) is 58.9 Å². The van der Waals surface area contributed by atoms with Crippen LogP contribution >= 0.6 is 0 Å². The maximum Gasteiger partial charge on any atom is 0.0175 e. The van der Waals surface area contributed by atoms with Crippen molar-refractivity contribution in [2.24, 2.45) is 22.7 Å². The van der Waals surface area contributed by atoms with Crippen molar-refractivity contribution in [1.29, 1.82) is 0 Å². The van der Waals surface area contributed by atoms with Crippen LogP contribution < -0.4 is 5.32 Å². The van der Waals surface area contributed by atoms with Crippen molar-refractivity contribution in [3.05, 3.63) is 0 Å². The first-order chi connectivity index (χ1) is 8.92. The monoisotopic (exact) mass is 264 g/mol. The first-order valence-electron chi connectivity index (χ1n) is 8.34. The van der Waals surface area contributed by atoms with Crippen molar-refractivity contribution < 1.29 is 0 Å². The van der Waals surface area contributed by atoms with Gasteiger partial charge >= 0.3 is 0 Å². The molecule has 3 fully saturated rings. The third-order valence-corrected chi connectivity index (χ3v) is 6.72. The highest BCUT2D eigenvalue weighted by atomic mass is 15.1. The average Bonchev–Trinajstić information content (AvgIpc) is 2.82. The van der Waals surface area contributed by atoms with Gasteiger partial charge in [0.15, 0.2) is 0 Å². The SMILES string of the molecule is CN1CCC(CNC2C(C)(C)[C@H]3CC[C@]2(C)C3)CC1. The second kappa shape index (κ2) is 4.73. The Labute approximate surface area is 119 Å². The minimum absolute atomic E-state index is 0.512. The summed E-state index contributed by atoms with van der Waals surface area (Å²) in [6.45, 7) is 11.4. The van der Waals surface area contributed by atoms with Crippen LogP contribution in [0.3, 0.4) is 0 Å². The molecule has 0 aromatic carbocycles. The number of likely N-dealkylation sites (tertiary alicyclic amines) is 1. The molecule has 0 radical (unpaired) electrons. The first-order valence-corrected chi connectivity index (χ1v) is 8.34. The molecule has 0 aromatic rings. The summed E-state index contributed by atoms with van der Waals surface area (Å²) < 4.78 is 0. The molecule has 2 saturated carbocycles. The van der Waals surface area contributed by atoms with E-state index in [1.165, 1.54) is 51.7 Å². The average molecular weight is 264 g/mol. The van der Waals surface area contributed by atoms with Crippen molar-refractivity contribution in [3.8, 4) is 0 Å². The molecule has 0 spiro atoms. The van der Waals surface area contributed by atoms with Gasteiger partial charge in [0.1, 0.15) is 0 Å². The Hall–Kier alpha value is -0.0800. The van der Waals surface area contributed by atoms with Crippen LogP contribution in [0.1, 0.15) is 52.9 Å². The maximum absolute atomic E-state index is 4.01. The molecular formula is C17H32N2. The number of piperidine rings is 1. The molecule has 3 rings (SSSR count). The van der Waals surface area contributed by atoms with Gasteiger partial charge in [0.05, 0.1) is 0 Å². The number of nitrogens with zero attached hydrogens (tertiary/aromatic N) is 1. The van der Waals surface area contributed by atoms with E-state index >= 15 is 0 Å². The van der Waals surface area contributed by atoms with E-state index in [4.69, 9.17) is 0 Å². The van der Waals surface area contributed by atoms with Gasteiger partial charge in [0.25, 0.3) is 0 Å². The van der Waals surface area contributed by atoms with Crippen LogP contribution in [0, 0.1) is 22.7 Å². The lowest BCUT2D eigenvalue weighted by Crippen LogP contribution is -2.52. The minimum atomic E-state index is 0.512. The molecule has 1 N–H and O–H groups in total. The van der Waals surface area contributed by atoms with Gasteiger partial charge in [-0.15, -0.1) is 0 Å². The zero-order valence-corrected chi connectivity index (χ0v) is 13.3. The Balaban J connectivity index is 1.58. The van der Waals surface area contributed by atoms with Crippen molar-refractivity contribution >= 4 is 0 Å². The summed E-state index contributed by atoms with van der Waals surface area (Å²) in [6.07, 6.45) is 7.15. The van der Waals surface area contributed by atoms with Crippen molar-refractivity contribution in [3.63, 3.8) is 0 Å². The van der Waals surface area contributed by atoms with Gasteiger partial charge in [-0.2, -0.15) is 0 Å². The number of hydrogen-bond acceptors (Lipinski definition) is 2. The van der Waals surface area contributed by atoms with E-state index in [1.54, 1.807) is 0 Å². The third-order valence-electron chi connectivity index (χ3n) is 6.72. The molecule has 0 amide bonds. The Bertz CT molecular complexity index is 325. The van der Waals surface area contributed by atoms with E-state index in [1.807, 2.05) is 0 Å². The Morgan fingerprint density at radius 1 is 1.11 bits per heavy atom. The van der Waals surface area contributed by atoms with Crippen LogP contribution in [0.5, 0.6) is 0 Å². The zero-order valence-electron chi connectivity index (χ0n) is 13.3. The largest absolute Gasteiger partial charge is 0.313 e. The molecule has 1 saturated heterocycles. The topological polar surface area (TPSA) is 15.3 Å². The molecular weight excluding hydrogens is 232 g/mol. The smallest absolute Gasteiger partial charge is 0.0175 e. The second-order valence-corrected chi connectivity index (χ2v) is 8.50. The number of rotatable bonds is 3. The van der Waals surface area contributed by atoms with E-state index in [-0.39, 0.29) is 0 Å². The molecule has 1 unspecified atom stereocenters. The number of hydrogen-bond donors (Lipinski definition) is 1. The van der Waals surface area contributed by atoms with Gasteiger partial charge in [0, 0.05) is 6.04 Å². The van der Waals surface area contributed by atoms with E-state index in [0.717, 1.165) is 17.9 Å². The van der Waals surface area contributed by atoms with E-state index in [0.29, 0.717) is 10.8 Å². The molecule has 3 aliphatic rings. The van der Waals surface area contributed by atoms with Gasteiger partial charge in [-0.1, -0.05) is 20.8 Å². The lowest BCUT2D eigenvalue weighted by molar-refractivity contribution is 0.0996. The second-order valence-electron chi connectivity index (χ2n) is 8.50. The van der Waals surface area contributed by atoms with Crippen LogP contribution in [0.15, 0.2) is 0 Å². The van der Waals surface area contributed by atoms with Crippen LogP contribution in [0.4, 0.5) is 0 Å². The number of nitrogens with one attached hydrogen (secondary N) is 1. The normalized spacial score (nSPS) is 42.9. The zero-order chi connectivity index (χ0) is 13.7. The van der Waals surface area contributed by atoms with E-state index in [9.17, 15) is 0 Å². The van der Waals surface area contributed by atoms with Gasteiger partial charge in [-0.05, 0) is 81.5 Å². The summed E-state index contributed by atoms with van der Waals surface area (Å²) in [5.74, 6) is 1.88. The van der Waals surface area contributed by atoms with Gasteiger partial charge < -0.3 is 10.2 Å². The highest BCUT2D eigenvalue weighted by molar-refractivity contribution is 5.12. The summed E-state index contributed by atoms with van der Waals surface area (Å²) >= 11 is 0. The van der Waals surface area contributed by atoms with Gasteiger partial charge in [-0.3, -0.25) is 0 Å². The van der Waals surface area contributed by atoms with Gasteiger partial charge in [0.2, 0.25) is 0 Å². The molecule has 2 heteroatoms. The molecule has 2 nitrogen and oxygen atoms in total. The minimum Gasteiger partial charge on any atom is -0.313 e. The molecule has 19 heavy (non-hydrogen) atoms. The first kappa shape index (κ1) is 13.9. The van der Waals surface area contributed by atoms with Crippen LogP contribution in [-0.4, -0.2) is 37.6 Å². The van der Waals surface area contributed by atoms with Gasteiger partial charge in [-0.25, -0.2) is 0 Å². The summed E-state index contributed by atoms with van der Waals surface area (Å²) in [5, 5.41) is 4.01. The molecule has 2 aliphatic carbocycles. The molecule has 1 aliphatic heterocycles. The molecule has 0 aromatic heterocycles. The van der Waals surface area contributed by atoms with Crippen LogP contribution in [-0.2, 0) is 0 Å². The van der Waals surface area contributed by atoms with E-state index < -0.39 is 0 Å². The predicted octanol–water partition coefficient (Wildman–Crippen LogP) is 3.13. The van der Waals surface area contributed by atoms with Crippen molar-refractivity contribution in [1.82, 2.24) is 10.2 Å². The Morgan fingerprint density at radius 2 is 1.79 bits per heavy atom.